The molecule has 9 nitrogen and oxygen atoms in total. The zero-order chi connectivity index (χ0) is 35.2. The minimum atomic E-state index is -0.333. The van der Waals surface area contributed by atoms with Crippen LogP contribution in [0.4, 0.5) is 5.69 Å². The number of benzene rings is 1. The SMILES string of the molecule is CC(=O)O[C@@H]1CC[C@@]2(C)[C@@H](C1)C[C@@H](OC(C)=O)[C@@H]1[C@@H]2C[C@H](OC(C)=O)[C@]2(C)[C@@H]([C@H](C)CCC(=O)Nc3ccnc4cc(Cl)ccc34)CC[C@@H]12. The van der Waals surface area contributed by atoms with Crippen molar-refractivity contribution >= 4 is 52.0 Å². The molecule has 1 N–H and O–H groups in total. The fourth-order valence-electron chi connectivity index (χ4n) is 11.1. The molecule has 1 aromatic heterocycles. The molecule has 4 fully saturated rings. The summed E-state index contributed by atoms with van der Waals surface area (Å²) in [5.74, 6) is 0.304. The van der Waals surface area contributed by atoms with Gasteiger partial charge < -0.3 is 19.5 Å². The Morgan fingerprint density at radius 2 is 1.67 bits per heavy atom. The molecule has 10 heteroatoms. The van der Waals surface area contributed by atoms with Crippen molar-refractivity contribution in [2.24, 2.45) is 46.3 Å². The van der Waals surface area contributed by atoms with Gasteiger partial charge in [0.15, 0.2) is 0 Å². The minimum absolute atomic E-state index is 0.0536. The van der Waals surface area contributed by atoms with Crippen LogP contribution in [0.3, 0.4) is 0 Å². The molecule has 4 saturated carbocycles. The second-order valence-corrected chi connectivity index (χ2v) is 16.3. The molecule has 4 aliphatic carbocycles. The van der Waals surface area contributed by atoms with Gasteiger partial charge in [-0.15, -0.1) is 0 Å². The maximum atomic E-state index is 13.3. The Hall–Kier alpha value is -3.20. The van der Waals surface area contributed by atoms with Gasteiger partial charge in [0.1, 0.15) is 18.3 Å². The zero-order valence-electron chi connectivity index (χ0n) is 29.6. The molecule has 1 amide bonds. The largest absolute Gasteiger partial charge is 0.463 e. The summed E-state index contributed by atoms with van der Waals surface area (Å²) in [6.45, 7) is 11.3. The van der Waals surface area contributed by atoms with Crippen molar-refractivity contribution < 1.29 is 33.4 Å². The number of hydrogen-bond donors (Lipinski definition) is 1. The van der Waals surface area contributed by atoms with E-state index in [1.54, 1.807) is 24.4 Å². The number of rotatable bonds is 8. The molecule has 0 radical (unpaired) electrons. The highest BCUT2D eigenvalue weighted by Crippen LogP contribution is 2.69. The van der Waals surface area contributed by atoms with E-state index in [1.807, 2.05) is 6.07 Å². The van der Waals surface area contributed by atoms with E-state index in [-0.39, 0.29) is 88.5 Å². The van der Waals surface area contributed by atoms with Gasteiger partial charge in [-0.1, -0.05) is 32.4 Å². The standard InChI is InChI=1S/C39H51ClN2O7/c1-21(7-12-36(46)42-32-14-16-41-33-19-26(40)8-9-28(32)33)29-10-11-30-37-31(20-35(39(29,30)6)49-24(4)45)38(5)15-13-27(47-22(2)43)17-25(38)18-34(37)48-23(3)44/h8-9,14,16,19,21,25,27,29-31,34-35,37H,7,10-13,15,17-18,20H2,1-6H3,(H,41,42,46)/t21-,25+,27-,29-,30+,31+,34-,35+,37+,38+,39-/m1/s1. The Kier molecular flexibility index (Phi) is 10.1. The molecule has 0 saturated heterocycles. The van der Waals surface area contributed by atoms with Crippen LogP contribution in [0.15, 0.2) is 30.5 Å². The molecule has 2 aromatic rings. The van der Waals surface area contributed by atoms with Crippen LogP contribution in [-0.2, 0) is 33.4 Å². The number of carbonyl (C=O) groups excluding carboxylic acids is 4. The molecule has 266 valence electrons. The fraction of sp³-hybridized carbons (Fsp3) is 0.667. The van der Waals surface area contributed by atoms with Crippen LogP contribution in [-0.4, -0.2) is 47.1 Å². The predicted octanol–water partition coefficient (Wildman–Crippen LogP) is 7.92. The van der Waals surface area contributed by atoms with Gasteiger partial charge in [-0.05, 0) is 111 Å². The van der Waals surface area contributed by atoms with Crippen molar-refractivity contribution in [3.05, 3.63) is 35.5 Å². The third-order valence-electron chi connectivity index (χ3n) is 13.2. The van der Waals surface area contributed by atoms with E-state index in [0.29, 0.717) is 30.0 Å². The van der Waals surface area contributed by atoms with Gasteiger partial charge in [0.2, 0.25) is 5.91 Å². The number of halogens is 1. The Morgan fingerprint density at radius 1 is 0.939 bits per heavy atom. The number of anilines is 1. The minimum Gasteiger partial charge on any atom is -0.463 e. The number of fused-ring (bicyclic) bond motifs is 6. The lowest BCUT2D eigenvalue weighted by Crippen LogP contribution is -2.63. The van der Waals surface area contributed by atoms with E-state index in [9.17, 15) is 19.2 Å². The van der Waals surface area contributed by atoms with Crippen LogP contribution in [0, 0.1) is 46.3 Å². The smallest absolute Gasteiger partial charge is 0.302 e. The number of nitrogens with zero attached hydrogens (tertiary/aromatic N) is 1. The van der Waals surface area contributed by atoms with Crippen LogP contribution in [0.1, 0.15) is 99.3 Å². The summed E-state index contributed by atoms with van der Waals surface area (Å²) in [5.41, 5.74) is 1.05. The number of nitrogens with one attached hydrogen (secondary N) is 1. The average Bonchev–Trinajstić information content (AvgIpc) is 3.38. The molecule has 0 aliphatic heterocycles. The molecule has 0 spiro atoms. The first-order valence-electron chi connectivity index (χ1n) is 18.1. The molecule has 4 aliphatic rings. The highest BCUT2D eigenvalue weighted by atomic mass is 35.5. The number of amides is 1. The topological polar surface area (TPSA) is 121 Å². The van der Waals surface area contributed by atoms with Crippen LogP contribution < -0.4 is 5.32 Å². The van der Waals surface area contributed by atoms with Crippen molar-refractivity contribution in [1.29, 1.82) is 0 Å². The molecule has 49 heavy (non-hydrogen) atoms. The quantitative estimate of drug-likeness (QED) is 0.219. The summed E-state index contributed by atoms with van der Waals surface area (Å²) in [6.07, 6.45) is 7.91. The van der Waals surface area contributed by atoms with Gasteiger partial charge in [0.05, 0.1) is 11.2 Å². The second-order valence-electron chi connectivity index (χ2n) is 15.9. The van der Waals surface area contributed by atoms with Gasteiger partial charge in [0, 0.05) is 55.1 Å². The van der Waals surface area contributed by atoms with E-state index in [1.165, 1.54) is 20.8 Å². The van der Waals surface area contributed by atoms with Crippen molar-refractivity contribution in [2.45, 2.75) is 118 Å². The molecule has 0 unspecified atom stereocenters. The summed E-state index contributed by atoms with van der Waals surface area (Å²) >= 11 is 6.15. The highest BCUT2D eigenvalue weighted by Gasteiger charge is 2.67. The van der Waals surface area contributed by atoms with Crippen LogP contribution in [0.5, 0.6) is 0 Å². The maximum absolute atomic E-state index is 13.3. The average molecular weight is 695 g/mol. The molecule has 11 atom stereocenters. The summed E-state index contributed by atoms with van der Waals surface area (Å²) < 4.78 is 18.2. The Morgan fingerprint density at radius 3 is 2.39 bits per heavy atom. The summed E-state index contributed by atoms with van der Waals surface area (Å²) in [4.78, 5) is 54.8. The van der Waals surface area contributed by atoms with Gasteiger partial charge in [-0.3, -0.25) is 24.2 Å². The Bertz CT molecular complexity index is 1610. The van der Waals surface area contributed by atoms with Crippen LogP contribution >= 0.6 is 11.6 Å². The lowest BCUT2D eigenvalue weighted by molar-refractivity contribution is -0.224. The van der Waals surface area contributed by atoms with Crippen molar-refractivity contribution in [3.63, 3.8) is 0 Å². The molecule has 6 rings (SSSR count). The van der Waals surface area contributed by atoms with E-state index >= 15 is 0 Å². The zero-order valence-corrected chi connectivity index (χ0v) is 30.4. The molecule has 1 heterocycles. The third kappa shape index (κ3) is 6.81. The fourth-order valence-corrected chi connectivity index (χ4v) is 11.3. The normalized spacial score (nSPS) is 35.7. The summed E-state index contributed by atoms with van der Waals surface area (Å²) in [7, 11) is 0. The summed E-state index contributed by atoms with van der Waals surface area (Å²) in [5, 5.41) is 4.52. The Labute approximate surface area is 294 Å². The lowest BCUT2D eigenvalue weighted by Gasteiger charge is -2.64. The molecular weight excluding hydrogens is 644 g/mol. The third-order valence-corrected chi connectivity index (χ3v) is 13.4. The summed E-state index contributed by atoms with van der Waals surface area (Å²) in [6, 6.07) is 7.25. The van der Waals surface area contributed by atoms with Crippen LogP contribution in [0.2, 0.25) is 5.02 Å². The number of carbonyl (C=O) groups is 4. The first-order chi connectivity index (χ1) is 23.2. The van der Waals surface area contributed by atoms with E-state index in [0.717, 1.165) is 49.4 Å². The number of hydrogen-bond acceptors (Lipinski definition) is 8. The van der Waals surface area contributed by atoms with Crippen molar-refractivity contribution in [2.75, 3.05) is 5.32 Å². The van der Waals surface area contributed by atoms with Crippen molar-refractivity contribution in [3.8, 4) is 0 Å². The molecular formula is C39H51ClN2O7. The van der Waals surface area contributed by atoms with Gasteiger partial charge >= 0.3 is 17.9 Å². The number of ether oxygens (including phenoxy) is 3. The maximum Gasteiger partial charge on any atom is 0.302 e. The predicted molar refractivity (Wildman–Crippen MR) is 186 cm³/mol. The monoisotopic (exact) mass is 694 g/mol. The molecule has 0 bridgehead atoms. The van der Waals surface area contributed by atoms with E-state index in [2.05, 4.69) is 31.1 Å². The second kappa shape index (κ2) is 13.8. The Balaban J connectivity index is 1.23. The first-order valence-corrected chi connectivity index (χ1v) is 18.4. The lowest BCUT2D eigenvalue weighted by atomic mass is 9.43. The van der Waals surface area contributed by atoms with E-state index in [4.69, 9.17) is 25.8 Å². The first kappa shape index (κ1) is 35.6. The van der Waals surface area contributed by atoms with E-state index < -0.39 is 0 Å². The highest BCUT2D eigenvalue weighted by molar-refractivity contribution is 6.31. The van der Waals surface area contributed by atoms with Crippen LogP contribution in [0.25, 0.3) is 10.9 Å². The van der Waals surface area contributed by atoms with Crippen molar-refractivity contribution in [1.82, 2.24) is 4.98 Å². The number of pyridine rings is 1. The molecule has 1 aromatic carbocycles. The number of aromatic nitrogens is 1. The van der Waals surface area contributed by atoms with Gasteiger partial charge in [-0.2, -0.15) is 0 Å². The van der Waals surface area contributed by atoms with Gasteiger partial charge in [-0.25, -0.2) is 0 Å². The van der Waals surface area contributed by atoms with Gasteiger partial charge in [0.25, 0.3) is 0 Å². The number of esters is 3.